The topological polar surface area (TPSA) is 29.3 Å². The molecule has 2 nitrogen and oxygen atoms in total. The molecule has 2 rings (SSSR count). The van der Waals surface area contributed by atoms with Gasteiger partial charge in [0.05, 0.1) is 0 Å². The van der Waals surface area contributed by atoms with Crippen LogP contribution in [0.15, 0.2) is 46.9 Å². The predicted molar refractivity (Wildman–Crippen MR) is 90.6 cm³/mol. The lowest BCUT2D eigenvalue weighted by molar-refractivity contribution is 0.628. The van der Waals surface area contributed by atoms with E-state index >= 15 is 0 Å². The van der Waals surface area contributed by atoms with Crippen LogP contribution in [0.4, 0.5) is 15.8 Å². The number of benzene rings is 2. The lowest BCUT2D eigenvalue weighted by atomic mass is 10.0. The van der Waals surface area contributed by atoms with Crippen molar-refractivity contribution >= 4 is 27.3 Å². The van der Waals surface area contributed by atoms with Crippen LogP contribution in [0.2, 0.25) is 0 Å². The average molecular weight is 351 g/mol. The van der Waals surface area contributed by atoms with Gasteiger partial charge in [0.15, 0.2) is 0 Å². The Labute approximate surface area is 133 Å². The summed E-state index contributed by atoms with van der Waals surface area (Å²) in [7, 11) is 1.98. The van der Waals surface area contributed by atoms with Crippen molar-refractivity contribution in [1.29, 1.82) is 0 Å². The van der Waals surface area contributed by atoms with Crippen LogP contribution in [-0.2, 0) is 6.42 Å². The summed E-state index contributed by atoms with van der Waals surface area (Å²) in [6.45, 7) is 2.09. The number of anilines is 2. The molecule has 0 radical (unpaired) electrons. The maximum Gasteiger partial charge on any atom is 0.123 e. The second-order valence-electron chi connectivity index (χ2n) is 5.18. The van der Waals surface area contributed by atoms with Crippen molar-refractivity contribution in [1.82, 2.24) is 0 Å². The summed E-state index contributed by atoms with van der Waals surface area (Å²) in [6, 6.07) is 12.8. The van der Waals surface area contributed by atoms with Gasteiger partial charge in [0.1, 0.15) is 5.82 Å². The van der Waals surface area contributed by atoms with E-state index in [1.807, 2.05) is 13.1 Å². The Balaban J connectivity index is 2.35. The second-order valence-corrected chi connectivity index (χ2v) is 6.10. The predicted octanol–water partition coefficient (Wildman–Crippen LogP) is 4.64. The third-order valence-electron chi connectivity index (χ3n) is 3.62. The van der Waals surface area contributed by atoms with Crippen molar-refractivity contribution in [3.8, 4) is 0 Å². The van der Waals surface area contributed by atoms with Gasteiger partial charge < -0.3 is 10.6 Å². The van der Waals surface area contributed by atoms with Crippen LogP contribution >= 0.6 is 15.9 Å². The SMILES string of the molecule is CCC(N)Cc1cc(Br)ccc1N(C)c1ccc(F)cc1. The second kappa shape index (κ2) is 7.05. The van der Waals surface area contributed by atoms with Gasteiger partial charge in [-0.05, 0) is 60.9 Å². The minimum Gasteiger partial charge on any atom is -0.344 e. The van der Waals surface area contributed by atoms with Crippen LogP contribution in [0.3, 0.4) is 0 Å². The summed E-state index contributed by atoms with van der Waals surface area (Å²) in [5.41, 5.74) is 9.33. The molecule has 0 aliphatic rings. The molecule has 0 aromatic heterocycles. The number of nitrogens with two attached hydrogens (primary N) is 1. The quantitative estimate of drug-likeness (QED) is 0.851. The van der Waals surface area contributed by atoms with Crippen LogP contribution in [-0.4, -0.2) is 13.1 Å². The highest BCUT2D eigenvalue weighted by Gasteiger charge is 2.12. The van der Waals surface area contributed by atoms with Crippen LogP contribution in [0.25, 0.3) is 0 Å². The van der Waals surface area contributed by atoms with Gasteiger partial charge in [-0.15, -0.1) is 0 Å². The van der Waals surface area contributed by atoms with Gasteiger partial charge in [-0.2, -0.15) is 0 Å². The van der Waals surface area contributed by atoms with E-state index in [1.54, 1.807) is 12.1 Å². The van der Waals surface area contributed by atoms with Gasteiger partial charge in [0.2, 0.25) is 0 Å². The number of hydrogen-bond donors (Lipinski definition) is 1. The molecular formula is C17H20BrFN2. The lowest BCUT2D eigenvalue weighted by Gasteiger charge is -2.24. The third-order valence-corrected chi connectivity index (χ3v) is 4.12. The number of halogens is 2. The lowest BCUT2D eigenvalue weighted by Crippen LogP contribution is -2.23. The maximum atomic E-state index is 13.1. The van der Waals surface area contributed by atoms with Gasteiger partial charge in [-0.3, -0.25) is 0 Å². The zero-order valence-corrected chi connectivity index (χ0v) is 13.9. The summed E-state index contributed by atoms with van der Waals surface area (Å²) < 4.78 is 14.1. The fourth-order valence-electron chi connectivity index (χ4n) is 2.28. The Bertz CT molecular complexity index is 598. The van der Waals surface area contributed by atoms with Gasteiger partial charge in [0.25, 0.3) is 0 Å². The van der Waals surface area contributed by atoms with Gasteiger partial charge in [0, 0.05) is 28.9 Å². The fraction of sp³-hybridized carbons (Fsp3) is 0.294. The molecule has 2 aromatic rings. The first kappa shape index (κ1) is 16.0. The Morgan fingerprint density at radius 2 is 1.86 bits per heavy atom. The van der Waals surface area contributed by atoms with Gasteiger partial charge in [-0.1, -0.05) is 22.9 Å². The Morgan fingerprint density at radius 1 is 1.19 bits per heavy atom. The molecule has 0 aliphatic heterocycles. The number of hydrogen-bond acceptors (Lipinski definition) is 2. The summed E-state index contributed by atoms with van der Waals surface area (Å²) in [4.78, 5) is 2.06. The van der Waals surface area contributed by atoms with Crippen LogP contribution < -0.4 is 10.6 Å². The van der Waals surface area contributed by atoms with E-state index in [9.17, 15) is 4.39 Å². The zero-order chi connectivity index (χ0) is 15.4. The van der Waals surface area contributed by atoms with Crippen molar-refractivity contribution in [2.75, 3.05) is 11.9 Å². The molecule has 2 N–H and O–H groups in total. The number of nitrogens with zero attached hydrogens (tertiary/aromatic N) is 1. The molecule has 1 atom stereocenters. The molecule has 0 saturated heterocycles. The van der Waals surface area contributed by atoms with Crippen LogP contribution in [0, 0.1) is 5.82 Å². The monoisotopic (exact) mass is 350 g/mol. The molecule has 0 heterocycles. The first-order valence-corrected chi connectivity index (χ1v) is 7.84. The standard InChI is InChI=1S/C17H20BrFN2/c1-3-15(20)11-12-10-13(18)4-9-17(12)21(2)16-7-5-14(19)6-8-16/h4-10,15H,3,11,20H2,1-2H3. The highest BCUT2D eigenvalue weighted by Crippen LogP contribution is 2.30. The van der Waals surface area contributed by atoms with E-state index in [2.05, 4.69) is 39.9 Å². The van der Waals surface area contributed by atoms with E-state index in [0.29, 0.717) is 0 Å². The fourth-order valence-corrected chi connectivity index (χ4v) is 2.68. The molecule has 0 aliphatic carbocycles. The zero-order valence-electron chi connectivity index (χ0n) is 12.3. The smallest absolute Gasteiger partial charge is 0.123 e. The van der Waals surface area contributed by atoms with E-state index < -0.39 is 0 Å². The van der Waals surface area contributed by atoms with Gasteiger partial charge in [-0.25, -0.2) is 4.39 Å². The Hall–Kier alpha value is -1.39. The molecule has 0 amide bonds. The van der Waals surface area contributed by atoms with Crippen molar-refractivity contribution in [2.24, 2.45) is 5.73 Å². The largest absolute Gasteiger partial charge is 0.344 e. The van der Waals surface area contributed by atoms with E-state index in [1.165, 1.54) is 17.7 Å². The highest BCUT2D eigenvalue weighted by molar-refractivity contribution is 9.10. The van der Waals surface area contributed by atoms with Crippen molar-refractivity contribution < 1.29 is 4.39 Å². The Morgan fingerprint density at radius 3 is 2.48 bits per heavy atom. The number of rotatable bonds is 5. The normalized spacial score (nSPS) is 12.2. The van der Waals surface area contributed by atoms with E-state index in [-0.39, 0.29) is 11.9 Å². The molecule has 0 saturated carbocycles. The molecule has 0 bridgehead atoms. The van der Waals surface area contributed by atoms with E-state index in [0.717, 1.165) is 28.7 Å². The van der Waals surface area contributed by atoms with Crippen LogP contribution in [0.5, 0.6) is 0 Å². The Kier molecular flexibility index (Phi) is 5.37. The molecule has 112 valence electrons. The summed E-state index contributed by atoms with van der Waals surface area (Å²) >= 11 is 3.51. The summed E-state index contributed by atoms with van der Waals surface area (Å²) in [6.07, 6.45) is 1.75. The first-order valence-electron chi connectivity index (χ1n) is 7.04. The molecule has 2 aromatic carbocycles. The van der Waals surface area contributed by atoms with Gasteiger partial charge >= 0.3 is 0 Å². The average Bonchev–Trinajstić information content (AvgIpc) is 2.47. The molecule has 0 spiro atoms. The molecule has 1 unspecified atom stereocenters. The summed E-state index contributed by atoms with van der Waals surface area (Å²) in [5, 5.41) is 0. The van der Waals surface area contributed by atoms with Crippen molar-refractivity contribution in [3.63, 3.8) is 0 Å². The molecule has 4 heteroatoms. The van der Waals surface area contributed by atoms with Crippen molar-refractivity contribution in [3.05, 3.63) is 58.3 Å². The summed E-state index contributed by atoms with van der Waals surface area (Å²) in [5.74, 6) is -0.226. The first-order chi connectivity index (χ1) is 10.0. The van der Waals surface area contributed by atoms with Crippen molar-refractivity contribution in [2.45, 2.75) is 25.8 Å². The maximum absolute atomic E-state index is 13.1. The third kappa shape index (κ3) is 4.05. The highest BCUT2D eigenvalue weighted by atomic mass is 79.9. The minimum absolute atomic E-state index is 0.139. The van der Waals surface area contributed by atoms with E-state index in [4.69, 9.17) is 5.73 Å². The molecule has 21 heavy (non-hydrogen) atoms. The molecular weight excluding hydrogens is 331 g/mol. The molecule has 0 fully saturated rings. The van der Waals surface area contributed by atoms with Crippen LogP contribution in [0.1, 0.15) is 18.9 Å². The minimum atomic E-state index is -0.226.